The Morgan fingerprint density at radius 2 is 2.14 bits per heavy atom. The molecule has 0 aliphatic rings. The number of nitrogens with zero attached hydrogens (tertiary/aromatic N) is 3. The van der Waals surface area contributed by atoms with Crippen LogP contribution < -0.4 is 5.32 Å². The molecule has 0 saturated heterocycles. The molecule has 0 fully saturated rings. The van der Waals surface area contributed by atoms with Crippen LogP contribution >= 0.6 is 11.8 Å². The van der Waals surface area contributed by atoms with Gasteiger partial charge in [0.15, 0.2) is 11.0 Å². The highest BCUT2D eigenvalue weighted by atomic mass is 32.2. The van der Waals surface area contributed by atoms with Gasteiger partial charge in [-0.3, -0.25) is 4.79 Å². The Hall–Kier alpha value is -2.15. The lowest BCUT2D eigenvalue weighted by molar-refractivity contribution is -0.120. The highest BCUT2D eigenvalue weighted by Crippen LogP contribution is 2.25. The second kappa shape index (κ2) is 7.22. The van der Waals surface area contributed by atoms with Crippen LogP contribution in [-0.2, 0) is 11.8 Å². The molecule has 0 aliphatic carbocycles. The smallest absolute Gasteiger partial charge is 0.233 e. The monoisotopic (exact) mass is 320 g/mol. The summed E-state index contributed by atoms with van der Waals surface area (Å²) in [7, 11) is 1.81. The average Bonchev–Trinajstić information content (AvgIpc) is 2.86. The van der Waals surface area contributed by atoms with E-state index < -0.39 is 0 Å². The van der Waals surface area contributed by atoms with Gasteiger partial charge in [-0.2, -0.15) is 0 Å². The van der Waals surface area contributed by atoms with E-state index in [4.69, 9.17) is 0 Å². The average molecular weight is 320 g/mol. The predicted octanol–water partition coefficient (Wildman–Crippen LogP) is 2.40. The van der Waals surface area contributed by atoms with E-state index in [0.717, 1.165) is 5.56 Å². The number of benzene rings is 1. The van der Waals surface area contributed by atoms with Gasteiger partial charge in [-0.1, -0.05) is 17.8 Å². The van der Waals surface area contributed by atoms with Crippen LogP contribution in [0.25, 0.3) is 11.4 Å². The molecule has 1 N–H and O–H groups in total. The van der Waals surface area contributed by atoms with E-state index in [-0.39, 0.29) is 17.0 Å². The van der Waals surface area contributed by atoms with Crippen molar-refractivity contribution in [2.24, 2.45) is 7.05 Å². The van der Waals surface area contributed by atoms with Crippen LogP contribution in [0.2, 0.25) is 0 Å². The molecule has 2 rings (SSSR count). The molecule has 1 aromatic heterocycles. The van der Waals surface area contributed by atoms with Crippen molar-refractivity contribution in [2.75, 3.05) is 6.54 Å². The molecule has 0 saturated carbocycles. The third kappa shape index (κ3) is 3.73. The summed E-state index contributed by atoms with van der Waals surface area (Å²) in [4.78, 5) is 11.9. The first-order valence-electron chi connectivity index (χ1n) is 6.73. The first-order valence-corrected chi connectivity index (χ1v) is 7.61. The molecule has 0 aliphatic heterocycles. The standard InChI is InChI=1S/C15H17FN4OS/c1-4-9-17-14(21)10(2)22-15-19-18-13(20(15)3)11-5-7-12(16)8-6-11/h4-8,10H,1,9H2,2-3H3,(H,17,21)/t10-/m1/s1. The first kappa shape index (κ1) is 16.2. The lowest BCUT2D eigenvalue weighted by Gasteiger charge is -2.10. The maximum atomic E-state index is 13.0. The van der Waals surface area contributed by atoms with Crippen LogP contribution in [0, 0.1) is 5.82 Å². The summed E-state index contributed by atoms with van der Waals surface area (Å²) < 4.78 is 14.8. The summed E-state index contributed by atoms with van der Waals surface area (Å²) in [6.07, 6.45) is 1.63. The van der Waals surface area contributed by atoms with E-state index in [1.54, 1.807) is 29.7 Å². The number of rotatable bonds is 6. The quantitative estimate of drug-likeness (QED) is 0.656. The number of halogens is 1. The molecule has 5 nitrogen and oxygen atoms in total. The third-order valence-electron chi connectivity index (χ3n) is 3.01. The Balaban J connectivity index is 2.12. The molecule has 22 heavy (non-hydrogen) atoms. The van der Waals surface area contributed by atoms with E-state index in [0.29, 0.717) is 17.5 Å². The van der Waals surface area contributed by atoms with Crippen LogP contribution in [0.5, 0.6) is 0 Å². The summed E-state index contributed by atoms with van der Waals surface area (Å²) in [5.41, 5.74) is 0.770. The molecule has 2 aromatic rings. The molecule has 1 aromatic carbocycles. The maximum Gasteiger partial charge on any atom is 0.233 e. The Morgan fingerprint density at radius 3 is 2.77 bits per heavy atom. The third-order valence-corrected chi connectivity index (χ3v) is 4.14. The highest BCUT2D eigenvalue weighted by Gasteiger charge is 2.18. The first-order chi connectivity index (χ1) is 10.5. The lowest BCUT2D eigenvalue weighted by Crippen LogP contribution is -2.31. The topological polar surface area (TPSA) is 59.8 Å². The Bertz CT molecular complexity index is 669. The second-order valence-corrected chi connectivity index (χ2v) is 5.97. The van der Waals surface area contributed by atoms with Gasteiger partial charge in [0.1, 0.15) is 5.82 Å². The fraction of sp³-hybridized carbons (Fsp3) is 0.267. The van der Waals surface area contributed by atoms with E-state index in [2.05, 4.69) is 22.1 Å². The largest absolute Gasteiger partial charge is 0.352 e. The van der Waals surface area contributed by atoms with Gasteiger partial charge in [0.05, 0.1) is 5.25 Å². The van der Waals surface area contributed by atoms with E-state index in [9.17, 15) is 9.18 Å². The van der Waals surface area contributed by atoms with Crippen LogP contribution in [-0.4, -0.2) is 32.5 Å². The van der Waals surface area contributed by atoms with Crippen molar-refractivity contribution in [3.8, 4) is 11.4 Å². The van der Waals surface area contributed by atoms with Crippen molar-refractivity contribution in [2.45, 2.75) is 17.3 Å². The van der Waals surface area contributed by atoms with Crippen molar-refractivity contribution in [3.05, 3.63) is 42.7 Å². The number of nitrogens with one attached hydrogen (secondary N) is 1. The summed E-state index contributed by atoms with van der Waals surface area (Å²) >= 11 is 1.32. The fourth-order valence-corrected chi connectivity index (χ4v) is 2.64. The van der Waals surface area contributed by atoms with Gasteiger partial charge in [-0.05, 0) is 31.2 Å². The zero-order valence-corrected chi connectivity index (χ0v) is 13.2. The number of aromatic nitrogens is 3. The van der Waals surface area contributed by atoms with Crippen molar-refractivity contribution >= 4 is 17.7 Å². The number of amides is 1. The van der Waals surface area contributed by atoms with Crippen molar-refractivity contribution < 1.29 is 9.18 Å². The van der Waals surface area contributed by atoms with Gasteiger partial charge in [0, 0.05) is 19.2 Å². The van der Waals surface area contributed by atoms with E-state index in [1.807, 2.05) is 7.05 Å². The van der Waals surface area contributed by atoms with Gasteiger partial charge in [0.2, 0.25) is 5.91 Å². The fourth-order valence-electron chi connectivity index (χ4n) is 1.80. The zero-order valence-electron chi connectivity index (χ0n) is 12.4. The molecule has 7 heteroatoms. The molecule has 1 amide bonds. The minimum atomic E-state index is -0.302. The minimum absolute atomic E-state index is 0.0868. The number of carbonyl (C=O) groups is 1. The molecular weight excluding hydrogens is 303 g/mol. The molecule has 0 bridgehead atoms. The molecule has 0 unspecified atom stereocenters. The van der Waals surface area contributed by atoms with Gasteiger partial charge in [-0.25, -0.2) is 4.39 Å². The van der Waals surface area contributed by atoms with Crippen LogP contribution in [0.1, 0.15) is 6.92 Å². The maximum absolute atomic E-state index is 13.0. The number of carbonyl (C=O) groups excluding carboxylic acids is 1. The molecule has 1 atom stereocenters. The zero-order chi connectivity index (χ0) is 16.1. The van der Waals surface area contributed by atoms with E-state index in [1.165, 1.54) is 23.9 Å². The normalized spacial score (nSPS) is 12.0. The Kier molecular flexibility index (Phi) is 5.32. The summed E-state index contributed by atoms with van der Waals surface area (Å²) in [5, 5.41) is 11.3. The summed E-state index contributed by atoms with van der Waals surface area (Å²) in [6, 6.07) is 6.05. The Labute approximate surface area is 132 Å². The van der Waals surface area contributed by atoms with Crippen molar-refractivity contribution in [1.29, 1.82) is 0 Å². The summed E-state index contributed by atoms with van der Waals surface area (Å²) in [6.45, 7) is 5.79. The molecular formula is C15H17FN4OS. The second-order valence-electron chi connectivity index (χ2n) is 4.67. The van der Waals surface area contributed by atoms with Crippen LogP contribution in [0.15, 0.2) is 42.1 Å². The van der Waals surface area contributed by atoms with Gasteiger partial charge in [0.25, 0.3) is 0 Å². The summed E-state index contributed by atoms with van der Waals surface area (Å²) in [5.74, 6) is 0.241. The lowest BCUT2D eigenvalue weighted by atomic mass is 10.2. The Morgan fingerprint density at radius 1 is 1.45 bits per heavy atom. The molecule has 116 valence electrons. The van der Waals surface area contributed by atoms with Gasteiger partial charge in [-0.15, -0.1) is 16.8 Å². The van der Waals surface area contributed by atoms with Crippen LogP contribution in [0.3, 0.4) is 0 Å². The number of thioether (sulfide) groups is 1. The molecule has 0 radical (unpaired) electrons. The SMILES string of the molecule is C=CCNC(=O)[C@@H](C)Sc1nnc(-c2ccc(F)cc2)n1C. The van der Waals surface area contributed by atoms with Gasteiger partial charge >= 0.3 is 0 Å². The van der Waals surface area contributed by atoms with Crippen molar-refractivity contribution in [3.63, 3.8) is 0 Å². The predicted molar refractivity (Wildman–Crippen MR) is 84.9 cm³/mol. The molecule has 0 spiro atoms. The highest BCUT2D eigenvalue weighted by molar-refractivity contribution is 8.00. The molecule has 1 heterocycles. The van der Waals surface area contributed by atoms with Crippen molar-refractivity contribution in [1.82, 2.24) is 20.1 Å². The van der Waals surface area contributed by atoms with Gasteiger partial charge < -0.3 is 9.88 Å². The number of hydrogen-bond donors (Lipinski definition) is 1. The number of hydrogen-bond acceptors (Lipinski definition) is 4. The van der Waals surface area contributed by atoms with Crippen LogP contribution in [0.4, 0.5) is 4.39 Å². The van der Waals surface area contributed by atoms with E-state index >= 15 is 0 Å². The minimum Gasteiger partial charge on any atom is -0.352 e.